The summed E-state index contributed by atoms with van der Waals surface area (Å²) in [4.78, 5) is 27.8. The molecule has 0 bridgehead atoms. The first-order chi connectivity index (χ1) is 13.9. The van der Waals surface area contributed by atoms with Crippen LogP contribution in [-0.2, 0) is 23.0 Å². The van der Waals surface area contributed by atoms with E-state index in [0.717, 1.165) is 29.5 Å². The minimum absolute atomic E-state index is 0.0448. The van der Waals surface area contributed by atoms with E-state index in [1.807, 2.05) is 18.2 Å². The van der Waals surface area contributed by atoms with E-state index in [4.69, 9.17) is 9.26 Å². The molecule has 3 aromatic rings. The van der Waals surface area contributed by atoms with Crippen LogP contribution in [0, 0.1) is 0 Å². The van der Waals surface area contributed by atoms with Gasteiger partial charge in [0.05, 0.1) is 17.8 Å². The molecule has 9 heteroatoms. The zero-order valence-electron chi connectivity index (χ0n) is 16.4. The van der Waals surface area contributed by atoms with Crippen LogP contribution in [-0.4, -0.2) is 31.8 Å². The molecule has 0 saturated heterocycles. The Balaban J connectivity index is 1.49. The van der Waals surface area contributed by atoms with Crippen LogP contribution in [0.2, 0.25) is 0 Å². The molecule has 9 nitrogen and oxygen atoms in total. The van der Waals surface area contributed by atoms with Crippen molar-refractivity contribution in [2.45, 2.75) is 38.8 Å². The van der Waals surface area contributed by atoms with E-state index in [1.165, 1.54) is 6.92 Å². The maximum Gasteiger partial charge on any atom is 0.303 e. The lowest BCUT2D eigenvalue weighted by Gasteiger charge is -2.13. The second-order valence-corrected chi connectivity index (χ2v) is 7.09. The fourth-order valence-electron chi connectivity index (χ4n) is 3.50. The molecule has 1 amide bonds. The van der Waals surface area contributed by atoms with E-state index >= 15 is 0 Å². The van der Waals surface area contributed by atoms with Crippen molar-refractivity contribution >= 4 is 11.9 Å². The van der Waals surface area contributed by atoms with E-state index in [1.54, 1.807) is 31.0 Å². The smallest absolute Gasteiger partial charge is 0.303 e. The summed E-state index contributed by atoms with van der Waals surface area (Å²) in [6, 6.07) is 5.85. The Kier molecular flexibility index (Phi) is 4.87. The Morgan fingerprint density at radius 2 is 2.21 bits per heavy atom. The molecule has 1 N–H and O–H groups in total. The lowest BCUT2D eigenvalue weighted by Crippen LogP contribution is -2.26. The van der Waals surface area contributed by atoms with Crippen LogP contribution in [0.25, 0.3) is 11.4 Å². The minimum atomic E-state index is -0.602. The number of hydrogen-bond donors (Lipinski definition) is 1. The minimum Gasteiger partial charge on any atom is -0.453 e. The van der Waals surface area contributed by atoms with Crippen molar-refractivity contribution in [3.8, 4) is 11.4 Å². The topological polar surface area (TPSA) is 112 Å². The van der Waals surface area contributed by atoms with Crippen LogP contribution >= 0.6 is 0 Å². The van der Waals surface area contributed by atoms with Crippen LogP contribution in [0.1, 0.15) is 59.8 Å². The van der Waals surface area contributed by atoms with E-state index < -0.39 is 12.1 Å². The van der Waals surface area contributed by atoms with Gasteiger partial charge in [-0.1, -0.05) is 17.3 Å². The SMILES string of the molecule is CC(=O)O[C@@H](C)c1nc(-c2ccc3c(c2)CC[C@H]3NC(=O)c2cnn(C)c2)no1. The van der Waals surface area contributed by atoms with E-state index in [9.17, 15) is 9.59 Å². The molecule has 0 radical (unpaired) electrons. The number of aromatic nitrogens is 4. The second-order valence-electron chi connectivity index (χ2n) is 7.09. The number of benzene rings is 1. The number of nitrogens with one attached hydrogen (secondary N) is 1. The van der Waals surface area contributed by atoms with Gasteiger partial charge in [0, 0.05) is 25.7 Å². The number of ether oxygens (including phenoxy) is 1. The number of carbonyl (C=O) groups excluding carboxylic acids is 2. The number of fused-ring (bicyclic) bond motifs is 1. The third kappa shape index (κ3) is 3.89. The predicted molar refractivity (Wildman–Crippen MR) is 102 cm³/mol. The average molecular weight is 395 g/mol. The third-order valence-electron chi connectivity index (χ3n) is 4.88. The maximum absolute atomic E-state index is 12.4. The van der Waals surface area contributed by atoms with Crippen molar-refractivity contribution < 1.29 is 18.8 Å². The number of rotatable bonds is 5. The van der Waals surface area contributed by atoms with Crippen LogP contribution in [0.5, 0.6) is 0 Å². The van der Waals surface area contributed by atoms with Crippen molar-refractivity contribution in [2.75, 3.05) is 0 Å². The normalized spacial score (nSPS) is 16.3. The van der Waals surface area contributed by atoms with E-state index in [-0.39, 0.29) is 17.8 Å². The molecule has 2 aromatic heterocycles. The van der Waals surface area contributed by atoms with Crippen molar-refractivity contribution in [3.05, 3.63) is 53.2 Å². The lowest BCUT2D eigenvalue weighted by molar-refractivity contribution is -0.147. The lowest BCUT2D eigenvalue weighted by atomic mass is 10.0. The fourth-order valence-corrected chi connectivity index (χ4v) is 3.50. The van der Waals surface area contributed by atoms with Gasteiger partial charge in [0.15, 0.2) is 6.10 Å². The molecule has 0 saturated carbocycles. The maximum atomic E-state index is 12.4. The Labute approximate surface area is 167 Å². The molecule has 4 rings (SSSR count). The molecule has 0 fully saturated rings. The summed E-state index contributed by atoms with van der Waals surface area (Å²) in [5.74, 6) is 0.137. The van der Waals surface area contributed by atoms with Crippen LogP contribution in [0.4, 0.5) is 0 Å². The highest BCUT2D eigenvalue weighted by Gasteiger charge is 2.26. The molecule has 1 aliphatic carbocycles. The Bertz CT molecular complexity index is 1070. The number of carbonyl (C=O) groups is 2. The molecule has 0 aliphatic heterocycles. The Morgan fingerprint density at radius 3 is 2.93 bits per heavy atom. The summed E-state index contributed by atoms with van der Waals surface area (Å²) in [5.41, 5.74) is 3.58. The Morgan fingerprint density at radius 1 is 1.38 bits per heavy atom. The highest BCUT2D eigenvalue weighted by atomic mass is 16.6. The fraction of sp³-hybridized carbons (Fsp3) is 0.350. The van der Waals surface area contributed by atoms with Crippen LogP contribution < -0.4 is 5.32 Å². The van der Waals surface area contributed by atoms with Crippen molar-refractivity contribution in [3.63, 3.8) is 0 Å². The second kappa shape index (κ2) is 7.50. The van der Waals surface area contributed by atoms with Crippen LogP contribution in [0.3, 0.4) is 0 Å². The molecular formula is C20H21N5O4. The first-order valence-electron chi connectivity index (χ1n) is 9.34. The zero-order valence-corrected chi connectivity index (χ0v) is 16.4. The Hall–Kier alpha value is -3.49. The van der Waals surface area contributed by atoms with Gasteiger partial charge in [0.1, 0.15) is 0 Å². The summed E-state index contributed by atoms with van der Waals surface area (Å²) < 4.78 is 11.9. The van der Waals surface area contributed by atoms with Crippen molar-refractivity contribution in [1.82, 2.24) is 25.2 Å². The van der Waals surface area contributed by atoms with Gasteiger partial charge in [-0.15, -0.1) is 0 Å². The van der Waals surface area contributed by atoms with Crippen molar-refractivity contribution in [1.29, 1.82) is 0 Å². The van der Waals surface area contributed by atoms with Crippen molar-refractivity contribution in [2.24, 2.45) is 7.05 Å². The molecular weight excluding hydrogens is 374 g/mol. The van der Waals surface area contributed by atoms with Gasteiger partial charge in [-0.05, 0) is 37.0 Å². The largest absolute Gasteiger partial charge is 0.453 e. The molecule has 0 spiro atoms. The van der Waals surface area contributed by atoms with Gasteiger partial charge in [0.2, 0.25) is 5.82 Å². The summed E-state index contributed by atoms with van der Waals surface area (Å²) in [6.45, 7) is 3.01. The third-order valence-corrected chi connectivity index (χ3v) is 4.88. The molecule has 2 atom stereocenters. The summed E-state index contributed by atoms with van der Waals surface area (Å²) in [5, 5.41) is 11.1. The standard InChI is InChI=1S/C20H21N5O4/c1-11(28-12(2)26)20-23-18(24-29-20)14-4-6-16-13(8-14)5-7-17(16)22-19(27)15-9-21-25(3)10-15/h4,6,8-11,17H,5,7H2,1-3H3,(H,22,27)/t11-,17+/m0/s1. The average Bonchev–Trinajstić information content (AvgIpc) is 3.40. The highest BCUT2D eigenvalue weighted by molar-refractivity contribution is 5.94. The monoisotopic (exact) mass is 395 g/mol. The van der Waals surface area contributed by atoms with Gasteiger partial charge in [-0.2, -0.15) is 10.1 Å². The number of nitrogens with zero attached hydrogens (tertiary/aromatic N) is 4. The first kappa shape index (κ1) is 18.9. The zero-order chi connectivity index (χ0) is 20.5. The van der Waals surface area contributed by atoms with Gasteiger partial charge in [-0.3, -0.25) is 14.3 Å². The van der Waals surface area contributed by atoms with Gasteiger partial charge in [-0.25, -0.2) is 0 Å². The highest BCUT2D eigenvalue weighted by Crippen LogP contribution is 2.34. The van der Waals surface area contributed by atoms with Crippen LogP contribution in [0.15, 0.2) is 35.1 Å². The molecule has 0 unspecified atom stereocenters. The molecule has 29 heavy (non-hydrogen) atoms. The van der Waals surface area contributed by atoms with Gasteiger partial charge in [0.25, 0.3) is 11.8 Å². The number of esters is 1. The number of aryl methyl sites for hydroxylation is 2. The summed E-state index contributed by atoms with van der Waals surface area (Å²) in [7, 11) is 1.78. The van der Waals surface area contributed by atoms with E-state index in [2.05, 4.69) is 20.6 Å². The molecule has 1 aromatic carbocycles. The quantitative estimate of drug-likeness (QED) is 0.661. The molecule has 150 valence electrons. The van der Waals surface area contributed by atoms with Gasteiger partial charge >= 0.3 is 5.97 Å². The number of hydrogen-bond acceptors (Lipinski definition) is 7. The molecule has 1 aliphatic rings. The summed E-state index contributed by atoms with van der Waals surface area (Å²) in [6.07, 6.45) is 4.31. The predicted octanol–water partition coefficient (Wildman–Crippen LogP) is 2.51. The van der Waals surface area contributed by atoms with Gasteiger partial charge < -0.3 is 14.6 Å². The first-order valence-corrected chi connectivity index (χ1v) is 9.34. The van der Waals surface area contributed by atoms with E-state index in [0.29, 0.717) is 11.4 Å². The molecule has 2 heterocycles. The summed E-state index contributed by atoms with van der Waals surface area (Å²) >= 11 is 0. The number of amides is 1.